The molecule has 0 saturated carbocycles. The highest BCUT2D eigenvalue weighted by atomic mass is 16.5. The number of benzene rings is 1. The highest BCUT2D eigenvalue weighted by Gasteiger charge is 2.04. The molecule has 4 nitrogen and oxygen atoms in total. The predicted molar refractivity (Wildman–Crippen MR) is 74.3 cm³/mol. The summed E-state index contributed by atoms with van der Waals surface area (Å²) in [6.07, 6.45) is 1.80. The van der Waals surface area contributed by atoms with Crippen LogP contribution in [-0.4, -0.2) is 19.2 Å². The molecule has 0 aliphatic rings. The first-order valence-electron chi connectivity index (χ1n) is 6.15. The molecule has 0 aliphatic carbocycles. The summed E-state index contributed by atoms with van der Waals surface area (Å²) in [6.45, 7) is 1.51. The van der Waals surface area contributed by atoms with Crippen LogP contribution in [0.4, 0.5) is 0 Å². The Hall–Kier alpha value is -2.07. The minimum absolute atomic E-state index is 0.745. The van der Waals surface area contributed by atoms with Crippen molar-refractivity contribution in [2.24, 2.45) is 0 Å². The molecule has 0 aliphatic heterocycles. The molecule has 2 aromatic rings. The van der Waals surface area contributed by atoms with Gasteiger partial charge in [-0.25, -0.2) is 0 Å². The maximum absolute atomic E-state index is 5.28. The molecular formula is C15H18N2O2. The molecule has 4 heteroatoms. The average Bonchev–Trinajstić information content (AvgIpc) is 2.48. The van der Waals surface area contributed by atoms with Crippen molar-refractivity contribution in [3.05, 3.63) is 53.9 Å². The summed E-state index contributed by atoms with van der Waals surface area (Å²) >= 11 is 0. The van der Waals surface area contributed by atoms with Gasteiger partial charge in [0.05, 0.1) is 19.9 Å². The van der Waals surface area contributed by atoms with E-state index in [2.05, 4.69) is 10.3 Å². The second kappa shape index (κ2) is 6.75. The van der Waals surface area contributed by atoms with Crippen molar-refractivity contribution < 1.29 is 9.47 Å². The SMILES string of the molecule is COc1ccc(CNCc2ccccn2)cc1OC. The highest BCUT2D eigenvalue weighted by molar-refractivity contribution is 5.42. The molecule has 0 unspecified atom stereocenters. The summed E-state index contributed by atoms with van der Waals surface area (Å²) in [5.74, 6) is 1.50. The molecule has 0 radical (unpaired) electrons. The van der Waals surface area contributed by atoms with Crippen molar-refractivity contribution >= 4 is 0 Å². The molecule has 1 heterocycles. The second-order valence-electron chi connectivity index (χ2n) is 4.11. The van der Waals surface area contributed by atoms with E-state index in [1.807, 2.05) is 36.4 Å². The third-order valence-corrected chi connectivity index (χ3v) is 2.81. The third-order valence-electron chi connectivity index (χ3n) is 2.81. The van der Waals surface area contributed by atoms with E-state index in [1.165, 1.54) is 0 Å². The maximum atomic E-state index is 5.28. The van der Waals surface area contributed by atoms with Gasteiger partial charge in [0.15, 0.2) is 11.5 Å². The average molecular weight is 258 g/mol. The lowest BCUT2D eigenvalue weighted by molar-refractivity contribution is 0.354. The van der Waals surface area contributed by atoms with E-state index in [0.717, 1.165) is 35.8 Å². The molecule has 0 fully saturated rings. The summed E-state index contributed by atoms with van der Waals surface area (Å²) in [4.78, 5) is 4.26. The molecule has 1 N–H and O–H groups in total. The number of pyridine rings is 1. The summed E-state index contributed by atoms with van der Waals surface area (Å²) in [6, 6.07) is 11.8. The Morgan fingerprint density at radius 3 is 2.53 bits per heavy atom. The van der Waals surface area contributed by atoms with Crippen LogP contribution in [0.3, 0.4) is 0 Å². The van der Waals surface area contributed by atoms with Crippen LogP contribution in [0.2, 0.25) is 0 Å². The van der Waals surface area contributed by atoms with Crippen LogP contribution in [0, 0.1) is 0 Å². The van der Waals surface area contributed by atoms with Gasteiger partial charge in [0.2, 0.25) is 0 Å². The Labute approximate surface area is 113 Å². The molecule has 1 aromatic heterocycles. The first-order valence-corrected chi connectivity index (χ1v) is 6.15. The molecular weight excluding hydrogens is 240 g/mol. The Morgan fingerprint density at radius 2 is 1.84 bits per heavy atom. The lowest BCUT2D eigenvalue weighted by Crippen LogP contribution is -2.13. The monoisotopic (exact) mass is 258 g/mol. The zero-order chi connectivity index (χ0) is 13.5. The zero-order valence-electron chi connectivity index (χ0n) is 11.2. The topological polar surface area (TPSA) is 43.4 Å². The van der Waals surface area contributed by atoms with E-state index in [-0.39, 0.29) is 0 Å². The van der Waals surface area contributed by atoms with Gasteiger partial charge in [-0.2, -0.15) is 0 Å². The largest absolute Gasteiger partial charge is 0.493 e. The summed E-state index contributed by atoms with van der Waals surface area (Å²) in [5.41, 5.74) is 2.18. The third kappa shape index (κ3) is 3.69. The first-order chi connectivity index (χ1) is 9.33. The number of hydrogen-bond acceptors (Lipinski definition) is 4. The van der Waals surface area contributed by atoms with Gasteiger partial charge in [0.25, 0.3) is 0 Å². The van der Waals surface area contributed by atoms with Crippen LogP contribution in [0.1, 0.15) is 11.3 Å². The lowest BCUT2D eigenvalue weighted by atomic mass is 10.2. The molecule has 0 bridgehead atoms. The smallest absolute Gasteiger partial charge is 0.161 e. The van der Waals surface area contributed by atoms with Gasteiger partial charge in [-0.1, -0.05) is 12.1 Å². The maximum Gasteiger partial charge on any atom is 0.161 e. The quantitative estimate of drug-likeness (QED) is 0.864. The fourth-order valence-electron chi connectivity index (χ4n) is 1.83. The van der Waals surface area contributed by atoms with Crippen LogP contribution in [0.5, 0.6) is 11.5 Å². The highest BCUT2D eigenvalue weighted by Crippen LogP contribution is 2.27. The number of nitrogens with zero attached hydrogens (tertiary/aromatic N) is 1. The van der Waals surface area contributed by atoms with Gasteiger partial charge in [-0.3, -0.25) is 4.98 Å². The van der Waals surface area contributed by atoms with Gasteiger partial charge >= 0.3 is 0 Å². The Balaban J connectivity index is 1.93. The molecule has 100 valence electrons. The molecule has 19 heavy (non-hydrogen) atoms. The second-order valence-corrected chi connectivity index (χ2v) is 4.11. The van der Waals surface area contributed by atoms with Crippen LogP contribution in [-0.2, 0) is 13.1 Å². The van der Waals surface area contributed by atoms with E-state index in [0.29, 0.717) is 0 Å². The van der Waals surface area contributed by atoms with Crippen molar-refractivity contribution in [1.29, 1.82) is 0 Å². The number of hydrogen-bond donors (Lipinski definition) is 1. The number of aromatic nitrogens is 1. The Bertz CT molecular complexity index is 515. The molecule has 2 rings (SSSR count). The van der Waals surface area contributed by atoms with Crippen molar-refractivity contribution in [3.8, 4) is 11.5 Å². The Morgan fingerprint density at radius 1 is 1.00 bits per heavy atom. The van der Waals surface area contributed by atoms with E-state index in [9.17, 15) is 0 Å². The van der Waals surface area contributed by atoms with Gasteiger partial charge < -0.3 is 14.8 Å². The summed E-state index contributed by atoms with van der Waals surface area (Å²) < 4.78 is 10.5. The van der Waals surface area contributed by atoms with Crippen molar-refractivity contribution in [2.75, 3.05) is 14.2 Å². The minimum atomic E-state index is 0.745. The predicted octanol–water partition coefficient (Wildman–Crippen LogP) is 2.39. The number of ether oxygens (including phenoxy) is 2. The van der Waals surface area contributed by atoms with Crippen molar-refractivity contribution in [2.45, 2.75) is 13.1 Å². The van der Waals surface area contributed by atoms with E-state index < -0.39 is 0 Å². The van der Waals surface area contributed by atoms with E-state index in [4.69, 9.17) is 9.47 Å². The van der Waals surface area contributed by atoms with Gasteiger partial charge in [-0.15, -0.1) is 0 Å². The van der Waals surface area contributed by atoms with Crippen LogP contribution >= 0.6 is 0 Å². The molecule has 0 spiro atoms. The first kappa shape index (κ1) is 13.4. The summed E-state index contributed by atoms with van der Waals surface area (Å²) in [5, 5.41) is 3.35. The zero-order valence-corrected chi connectivity index (χ0v) is 11.2. The molecule has 0 saturated heterocycles. The molecule has 0 atom stereocenters. The molecule has 0 amide bonds. The number of methoxy groups -OCH3 is 2. The minimum Gasteiger partial charge on any atom is -0.493 e. The van der Waals surface area contributed by atoms with Gasteiger partial charge in [0.1, 0.15) is 0 Å². The van der Waals surface area contributed by atoms with E-state index in [1.54, 1.807) is 20.4 Å². The number of nitrogens with one attached hydrogen (secondary N) is 1. The van der Waals surface area contributed by atoms with Crippen LogP contribution in [0.15, 0.2) is 42.6 Å². The van der Waals surface area contributed by atoms with Gasteiger partial charge in [-0.05, 0) is 29.8 Å². The number of rotatable bonds is 6. The lowest BCUT2D eigenvalue weighted by Gasteiger charge is -2.10. The fraction of sp³-hybridized carbons (Fsp3) is 0.267. The van der Waals surface area contributed by atoms with E-state index >= 15 is 0 Å². The normalized spacial score (nSPS) is 10.2. The Kier molecular flexibility index (Phi) is 4.75. The van der Waals surface area contributed by atoms with Crippen LogP contribution < -0.4 is 14.8 Å². The van der Waals surface area contributed by atoms with Crippen molar-refractivity contribution in [3.63, 3.8) is 0 Å². The standard InChI is InChI=1S/C15H18N2O2/c1-18-14-7-6-12(9-15(14)19-2)10-16-11-13-5-3-4-8-17-13/h3-9,16H,10-11H2,1-2H3. The van der Waals surface area contributed by atoms with Gasteiger partial charge in [0, 0.05) is 19.3 Å². The molecule has 1 aromatic carbocycles. The van der Waals surface area contributed by atoms with Crippen molar-refractivity contribution in [1.82, 2.24) is 10.3 Å². The summed E-state index contributed by atoms with van der Waals surface area (Å²) in [7, 11) is 3.28. The fourth-order valence-corrected chi connectivity index (χ4v) is 1.83. The van der Waals surface area contributed by atoms with Crippen LogP contribution in [0.25, 0.3) is 0 Å².